The molecule has 1 fully saturated rings. The van der Waals surface area contributed by atoms with Crippen molar-refractivity contribution in [1.29, 1.82) is 0 Å². The normalized spacial score (nSPS) is 18.2. The van der Waals surface area contributed by atoms with Gasteiger partial charge in [0.15, 0.2) is 0 Å². The van der Waals surface area contributed by atoms with Crippen molar-refractivity contribution in [2.75, 3.05) is 48.8 Å². The first-order valence-corrected chi connectivity index (χ1v) is 7.30. The highest BCUT2D eigenvalue weighted by molar-refractivity contribution is 5.43. The molecule has 2 rings (SSSR count). The molecule has 1 aliphatic rings. The van der Waals surface area contributed by atoms with E-state index in [1.54, 1.807) is 14.0 Å². The minimum atomic E-state index is -1.21. The van der Waals surface area contributed by atoms with E-state index >= 15 is 0 Å². The topological polar surface area (TPSA) is 106 Å². The van der Waals surface area contributed by atoms with Crippen LogP contribution >= 0.6 is 0 Å². The lowest BCUT2D eigenvalue weighted by Crippen LogP contribution is -2.38. The molecule has 0 aliphatic carbocycles. The second-order valence-electron chi connectivity index (χ2n) is 5.59. The molecule has 8 heteroatoms. The number of hydrogen-bond acceptors (Lipinski definition) is 8. The zero-order valence-electron chi connectivity index (χ0n) is 12.6. The summed E-state index contributed by atoms with van der Waals surface area (Å²) in [5.74, 6) is 1.51. The van der Waals surface area contributed by atoms with E-state index in [0.29, 0.717) is 17.8 Å². The van der Waals surface area contributed by atoms with Crippen LogP contribution in [0, 0.1) is 0 Å². The number of anilines is 3. The van der Waals surface area contributed by atoms with E-state index in [1.165, 1.54) is 6.42 Å². The minimum Gasteiger partial charge on any atom is -0.393 e. The van der Waals surface area contributed by atoms with Crippen LogP contribution in [0.5, 0.6) is 0 Å². The van der Waals surface area contributed by atoms with Crippen LogP contribution < -0.4 is 15.5 Å². The molecular formula is C13H24N6O2. The van der Waals surface area contributed by atoms with Crippen LogP contribution in [0.2, 0.25) is 0 Å². The molecular weight excluding hydrogens is 272 g/mol. The van der Waals surface area contributed by atoms with Crippen LogP contribution in [0.15, 0.2) is 0 Å². The van der Waals surface area contributed by atoms with Gasteiger partial charge in [-0.1, -0.05) is 0 Å². The summed E-state index contributed by atoms with van der Waals surface area (Å²) in [6.45, 7) is 3.27. The van der Waals surface area contributed by atoms with Gasteiger partial charge in [-0.2, -0.15) is 15.0 Å². The number of hydrogen-bond donors (Lipinski definition) is 4. The second kappa shape index (κ2) is 6.86. The molecule has 8 nitrogen and oxygen atoms in total. The van der Waals surface area contributed by atoms with E-state index in [9.17, 15) is 5.11 Å². The van der Waals surface area contributed by atoms with Gasteiger partial charge in [0.05, 0.1) is 6.61 Å². The van der Waals surface area contributed by atoms with Crippen LogP contribution in [0.25, 0.3) is 0 Å². The number of nitrogens with one attached hydrogen (secondary N) is 2. The Balaban J connectivity index is 2.13. The molecule has 1 saturated heterocycles. The molecule has 0 spiro atoms. The molecule has 21 heavy (non-hydrogen) atoms. The molecule has 0 radical (unpaired) electrons. The predicted octanol–water partition coefficient (Wildman–Crippen LogP) is 0.0588. The van der Waals surface area contributed by atoms with Gasteiger partial charge in [0, 0.05) is 26.7 Å². The molecule has 0 saturated carbocycles. The van der Waals surface area contributed by atoms with Crippen LogP contribution in [0.3, 0.4) is 0 Å². The fraction of sp³-hybridized carbons (Fsp3) is 0.769. The monoisotopic (exact) mass is 296 g/mol. The van der Waals surface area contributed by atoms with Crippen molar-refractivity contribution in [1.82, 2.24) is 15.0 Å². The van der Waals surface area contributed by atoms with Gasteiger partial charge in [-0.05, 0) is 26.2 Å². The summed E-state index contributed by atoms with van der Waals surface area (Å²) in [4.78, 5) is 15.1. The Kier molecular flexibility index (Phi) is 5.13. The highest BCUT2D eigenvalue weighted by Gasteiger charge is 2.20. The third-order valence-corrected chi connectivity index (χ3v) is 3.45. The zero-order valence-corrected chi connectivity index (χ0v) is 12.6. The molecule has 1 atom stereocenters. The molecule has 1 aromatic rings. The van der Waals surface area contributed by atoms with E-state index in [4.69, 9.17) is 5.11 Å². The van der Waals surface area contributed by atoms with Gasteiger partial charge in [-0.25, -0.2) is 0 Å². The first-order valence-electron chi connectivity index (χ1n) is 7.30. The molecule has 0 aromatic carbocycles. The molecule has 1 aliphatic heterocycles. The molecule has 1 unspecified atom stereocenters. The van der Waals surface area contributed by atoms with Gasteiger partial charge in [0.2, 0.25) is 17.8 Å². The largest absolute Gasteiger partial charge is 0.393 e. The van der Waals surface area contributed by atoms with Crippen molar-refractivity contribution in [2.45, 2.75) is 31.8 Å². The smallest absolute Gasteiger partial charge is 0.231 e. The second-order valence-corrected chi connectivity index (χ2v) is 5.59. The molecule has 0 bridgehead atoms. The van der Waals surface area contributed by atoms with Crippen molar-refractivity contribution in [3.63, 3.8) is 0 Å². The lowest BCUT2D eigenvalue weighted by Gasteiger charge is -2.27. The first-order chi connectivity index (χ1) is 10.0. The summed E-state index contributed by atoms with van der Waals surface area (Å²) < 4.78 is 0. The Labute approximate surface area is 124 Å². The van der Waals surface area contributed by atoms with Gasteiger partial charge in [0.1, 0.15) is 5.60 Å². The summed E-state index contributed by atoms with van der Waals surface area (Å²) in [5.41, 5.74) is -1.21. The van der Waals surface area contributed by atoms with Crippen molar-refractivity contribution >= 4 is 17.8 Å². The maximum Gasteiger partial charge on any atom is 0.231 e. The van der Waals surface area contributed by atoms with Gasteiger partial charge >= 0.3 is 0 Å². The number of aliphatic hydroxyl groups excluding tert-OH is 1. The van der Waals surface area contributed by atoms with E-state index in [1.807, 2.05) is 0 Å². The summed E-state index contributed by atoms with van der Waals surface area (Å²) in [6, 6.07) is 0. The number of aliphatic hydroxyl groups is 2. The Morgan fingerprint density at radius 2 is 1.81 bits per heavy atom. The highest BCUT2D eigenvalue weighted by Crippen LogP contribution is 2.18. The molecule has 2 heterocycles. The fourth-order valence-corrected chi connectivity index (χ4v) is 2.12. The molecule has 1 aromatic heterocycles. The summed E-state index contributed by atoms with van der Waals surface area (Å²) in [6.07, 6.45) is 3.52. The average molecular weight is 296 g/mol. The van der Waals surface area contributed by atoms with Crippen LogP contribution in [0.1, 0.15) is 26.2 Å². The van der Waals surface area contributed by atoms with Gasteiger partial charge in [-0.3, -0.25) is 0 Å². The van der Waals surface area contributed by atoms with Crippen molar-refractivity contribution in [3.8, 4) is 0 Å². The van der Waals surface area contributed by atoms with E-state index < -0.39 is 5.60 Å². The predicted molar refractivity (Wildman–Crippen MR) is 81.6 cm³/mol. The maximum absolute atomic E-state index is 9.82. The quantitative estimate of drug-likeness (QED) is 0.584. The van der Waals surface area contributed by atoms with Crippen molar-refractivity contribution in [2.24, 2.45) is 0 Å². The summed E-state index contributed by atoms with van der Waals surface area (Å²) in [7, 11) is 1.75. The number of piperidine rings is 1. The third kappa shape index (κ3) is 4.40. The van der Waals surface area contributed by atoms with Gasteiger partial charge < -0.3 is 25.7 Å². The minimum absolute atomic E-state index is 0.163. The number of nitrogens with zero attached hydrogens (tertiary/aromatic N) is 4. The Hall–Kier alpha value is -1.67. The Morgan fingerprint density at radius 3 is 2.43 bits per heavy atom. The van der Waals surface area contributed by atoms with Crippen LogP contribution in [0.4, 0.5) is 17.8 Å². The molecule has 0 amide bonds. The van der Waals surface area contributed by atoms with Crippen LogP contribution in [-0.4, -0.2) is 64.1 Å². The summed E-state index contributed by atoms with van der Waals surface area (Å²) in [5, 5.41) is 24.8. The maximum atomic E-state index is 9.82. The standard InChI is InChI=1S/C13H24N6O2/c1-13(21,9-20)8-15-11-16-10(14-2)17-12(18-11)19-6-4-3-5-7-19/h20-21H,3-9H2,1-2H3,(H2,14,15,16,17,18). The van der Waals surface area contributed by atoms with Gasteiger partial charge in [0.25, 0.3) is 0 Å². The zero-order chi connectivity index (χ0) is 15.3. The highest BCUT2D eigenvalue weighted by atomic mass is 16.3. The SMILES string of the molecule is CNc1nc(NCC(C)(O)CO)nc(N2CCCCC2)n1. The van der Waals surface area contributed by atoms with E-state index in [2.05, 4.69) is 30.5 Å². The van der Waals surface area contributed by atoms with Crippen molar-refractivity contribution < 1.29 is 10.2 Å². The Bertz CT molecular complexity index is 462. The van der Waals surface area contributed by atoms with E-state index in [0.717, 1.165) is 25.9 Å². The lowest BCUT2D eigenvalue weighted by atomic mass is 10.1. The lowest BCUT2D eigenvalue weighted by molar-refractivity contribution is 0.0131. The molecule has 118 valence electrons. The van der Waals surface area contributed by atoms with Crippen molar-refractivity contribution in [3.05, 3.63) is 0 Å². The Morgan fingerprint density at radius 1 is 1.14 bits per heavy atom. The van der Waals surface area contributed by atoms with Gasteiger partial charge in [-0.15, -0.1) is 0 Å². The number of aromatic nitrogens is 3. The third-order valence-electron chi connectivity index (χ3n) is 3.45. The van der Waals surface area contributed by atoms with Crippen LogP contribution in [-0.2, 0) is 0 Å². The fourth-order valence-electron chi connectivity index (χ4n) is 2.12. The average Bonchev–Trinajstić information content (AvgIpc) is 2.53. The molecule has 4 N–H and O–H groups in total. The first kappa shape index (κ1) is 15.7. The summed E-state index contributed by atoms with van der Waals surface area (Å²) >= 11 is 0. The number of rotatable bonds is 6. The van der Waals surface area contributed by atoms with E-state index in [-0.39, 0.29) is 13.2 Å².